The summed E-state index contributed by atoms with van der Waals surface area (Å²) < 4.78 is 32.3. The minimum Gasteiger partial charge on any atom is -0.467 e. The molecule has 2 aromatic heterocycles. The zero-order valence-electron chi connectivity index (χ0n) is 13.5. The molecule has 0 aliphatic heterocycles. The summed E-state index contributed by atoms with van der Waals surface area (Å²) in [5.41, 5.74) is -0.0677. The first kappa shape index (κ1) is 18.3. The number of benzene rings is 1. The number of hydrogen-bond donors (Lipinski definition) is 2. The van der Waals surface area contributed by atoms with Crippen molar-refractivity contribution in [2.45, 2.75) is 23.1 Å². The van der Waals surface area contributed by atoms with Crippen molar-refractivity contribution in [1.29, 1.82) is 0 Å². The highest BCUT2D eigenvalue weighted by atomic mass is 32.2. The van der Waals surface area contributed by atoms with Crippen LogP contribution in [0.4, 0.5) is 19.6 Å². The van der Waals surface area contributed by atoms with Crippen LogP contribution in [-0.4, -0.2) is 21.4 Å². The van der Waals surface area contributed by atoms with E-state index in [9.17, 15) is 13.6 Å². The van der Waals surface area contributed by atoms with Gasteiger partial charge in [-0.3, -0.25) is 4.79 Å². The molecule has 6 nitrogen and oxygen atoms in total. The Labute approximate surface area is 156 Å². The maximum atomic E-state index is 13.6. The van der Waals surface area contributed by atoms with Gasteiger partial charge in [-0.1, -0.05) is 23.1 Å². The molecular weight excluding hydrogens is 382 g/mol. The number of furan rings is 1. The molecule has 0 fully saturated rings. The molecule has 2 N–H and O–H groups in total. The van der Waals surface area contributed by atoms with Crippen molar-refractivity contribution in [3.63, 3.8) is 0 Å². The van der Waals surface area contributed by atoms with Gasteiger partial charge in [0.2, 0.25) is 11.0 Å². The third-order valence-corrected chi connectivity index (χ3v) is 5.30. The Kier molecular flexibility index (Phi) is 5.84. The number of nitrogens with zero attached hydrogens (tertiary/aromatic N) is 2. The highest BCUT2D eigenvalue weighted by Crippen LogP contribution is 2.30. The van der Waals surface area contributed by atoms with E-state index in [-0.39, 0.29) is 5.69 Å². The van der Waals surface area contributed by atoms with Gasteiger partial charge in [-0.15, -0.1) is 10.2 Å². The number of aromatic nitrogens is 2. The Bertz CT molecular complexity index is 886. The zero-order chi connectivity index (χ0) is 18.5. The number of carbonyl (C=O) groups is 1. The van der Waals surface area contributed by atoms with Crippen molar-refractivity contribution in [2.24, 2.45) is 0 Å². The summed E-state index contributed by atoms with van der Waals surface area (Å²) >= 11 is 2.49. The number of rotatable bonds is 7. The molecule has 0 saturated carbocycles. The Morgan fingerprint density at radius 1 is 1.35 bits per heavy atom. The lowest BCUT2D eigenvalue weighted by Crippen LogP contribution is -2.22. The number of carbonyl (C=O) groups excluding carboxylic acids is 1. The first-order chi connectivity index (χ1) is 12.5. The van der Waals surface area contributed by atoms with E-state index in [4.69, 9.17) is 4.42 Å². The molecule has 0 unspecified atom stereocenters. The van der Waals surface area contributed by atoms with Gasteiger partial charge in [0, 0.05) is 6.07 Å². The number of amides is 1. The van der Waals surface area contributed by atoms with E-state index >= 15 is 0 Å². The molecular formula is C16H14F2N4O2S2. The molecule has 0 saturated heterocycles. The fraction of sp³-hybridized carbons (Fsp3) is 0.188. The molecule has 0 aliphatic carbocycles. The molecule has 10 heteroatoms. The Morgan fingerprint density at radius 3 is 2.92 bits per heavy atom. The molecule has 0 spiro atoms. The third-order valence-electron chi connectivity index (χ3n) is 3.24. The van der Waals surface area contributed by atoms with Crippen LogP contribution in [0, 0.1) is 11.6 Å². The standard InChI is InChI=1S/C16H14F2N4O2S2/c1-9(14(23)20-13-5-4-10(17)7-12(13)18)25-16-22-21-15(26-16)19-8-11-3-2-6-24-11/h2-7,9H,8H2,1H3,(H,19,21)(H,20,23)/t9-/m1/s1. The second-order valence-corrected chi connectivity index (χ2v) is 7.74. The fourth-order valence-electron chi connectivity index (χ4n) is 1.93. The van der Waals surface area contributed by atoms with Crippen LogP contribution >= 0.6 is 23.1 Å². The zero-order valence-corrected chi connectivity index (χ0v) is 15.2. The van der Waals surface area contributed by atoms with Gasteiger partial charge in [-0.05, 0) is 31.2 Å². The molecule has 3 aromatic rings. The lowest BCUT2D eigenvalue weighted by atomic mass is 10.3. The van der Waals surface area contributed by atoms with Gasteiger partial charge in [0.15, 0.2) is 4.34 Å². The lowest BCUT2D eigenvalue weighted by Gasteiger charge is -2.10. The molecule has 1 atom stereocenters. The normalized spacial score (nSPS) is 12.0. The Morgan fingerprint density at radius 2 is 2.19 bits per heavy atom. The maximum Gasteiger partial charge on any atom is 0.237 e. The number of thioether (sulfide) groups is 1. The molecule has 26 heavy (non-hydrogen) atoms. The highest BCUT2D eigenvalue weighted by Gasteiger charge is 2.18. The van der Waals surface area contributed by atoms with E-state index in [1.807, 2.05) is 6.07 Å². The van der Waals surface area contributed by atoms with Gasteiger partial charge in [0.05, 0.1) is 23.7 Å². The minimum atomic E-state index is -0.823. The minimum absolute atomic E-state index is 0.0677. The summed E-state index contributed by atoms with van der Waals surface area (Å²) in [7, 11) is 0. The quantitative estimate of drug-likeness (QED) is 0.584. The van der Waals surface area contributed by atoms with Crippen molar-refractivity contribution in [3.8, 4) is 0 Å². The topological polar surface area (TPSA) is 80.1 Å². The summed E-state index contributed by atoms with van der Waals surface area (Å²) in [5.74, 6) is -1.17. The molecule has 3 rings (SSSR count). The van der Waals surface area contributed by atoms with E-state index in [0.29, 0.717) is 16.0 Å². The molecule has 2 heterocycles. The van der Waals surface area contributed by atoms with E-state index in [1.54, 1.807) is 19.3 Å². The predicted octanol–water partition coefficient (Wildman–Crippen LogP) is 4.14. The predicted molar refractivity (Wildman–Crippen MR) is 96.3 cm³/mol. The molecule has 136 valence electrons. The maximum absolute atomic E-state index is 13.6. The van der Waals surface area contributed by atoms with Crippen LogP contribution in [0.3, 0.4) is 0 Å². The van der Waals surface area contributed by atoms with Crippen LogP contribution < -0.4 is 10.6 Å². The first-order valence-corrected chi connectivity index (χ1v) is 9.23. The Balaban J connectivity index is 1.53. The SMILES string of the molecule is C[C@@H](Sc1nnc(NCc2ccco2)s1)C(=O)Nc1ccc(F)cc1F. The van der Waals surface area contributed by atoms with Crippen LogP contribution in [0.5, 0.6) is 0 Å². The average Bonchev–Trinajstić information content (AvgIpc) is 3.27. The summed E-state index contributed by atoms with van der Waals surface area (Å²) in [5, 5.41) is 13.6. The van der Waals surface area contributed by atoms with E-state index in [1.165, 1.54) is 29.2 Å². The van der Waals surface area contributed by atoms with E-state index < -0.39 is 22.8 Å². The summed E-state index contributed by atoms with van der Waals surface area (Å²) in [6.07, 6.45) is 1.59. The second-order valence-electron chi connectivity index (χ2n) is 5.18. The lowest BCUT2D eigenvalue weighted by molar-refractivity contribution is -0.115. The summed E-state index contributed by atoms with van der Waals surface area (Å²) in [6, 6.07) is 6.61. The smallest absolute Gasteiger partial charge is 0.237 e. The van der Waals surface area contributed by atoms with Crippen LogP contribution in [0.15, 0.2) is 45.4 Å². The van der Waals surface area contributed by atoms with Crippen LogP contribution in [0.1, 0.15) is 12.7 Å². The molecule has 1 amide bonds. The number of hydrogen-bond acceptors (Lipinski definition) is 7. The molecule has 0 bridgehead atoms. The second kappa shape index (κ2) is 8.28. The van der Waals surface area contributed by atoms with Crippen molar-refractivity contribution in [2.75, 3.05) is 10.6 Å². The molecule has 0 radical (unpaired) electrons. The van der Waals surface area contributed by atoms with Crippen LogP contribution in [-0.2, 0) is 11.3 Å². The summed E-state index contributed by atoms with van der Waals surface area (Å²) in [4.78, 5) is 12.2. The van der Waals surface area contributed by atoms with E-state index in [2.05, 4.69) is 20.8 Å². The number of halogens is 2. The molecule has 0 aliphatic rings. The number of nitrogens with one attached hydrogen (secondary N) is 2. The monoisotopic (exact) mass is 396 g/mol. The third kappa shape index (κ3) is 4.79. The molecule has 1 aromatic carbocycles. The van der Waals surface area contributed by atoms with Gasteiger partial charge in [0.1, 0.15) is 17.4 Å². The van der Waals surface area contributed by atoms with Crippen molar-refractivity contribution >= 4 is 39.8 Å². The van der Waals surface area contributed by atoms with Crippen molar-refractivity contribution < 1.29 is 18.0 Å². The number of anilines is 2. The Hall–Kier alpha value is -2.46. The van der Waals surface area contributed by atoms with Crippen molar-refractivity contribution in [1.82, 2.24) is 10.2 Å². The summed E-state index contributed by atoms with van der Waals surface area (Å²) in [6.45, 7) is 2.14. The van der Waals surface area contributed by atoms with Crippen LogP contribution in [0.2, 0.25) is 0 Å². The van der Waals surface area contributed by atoms with Gasteiger partial charge < -0.3 is 15.1 Å². The highest BCUT2D eigenvalue weighted by molar-refractivity contribution is 8.02. The average molecular weight is 396 g/mol. The first-order valence-electron chi connectivity index (χ1n) is 7.53. The van der Waals surface area contributed by atoms with Gasteiger partial charge in [-0.25, -0.2) is 8.78 Å². The largest absolute Gasteiger partial charge is 0.467 e. The van der Waals surface area contributed by atoms with Crippen molar-refractivity contribution in [3.05, 3.63) is 54.0 Å². The fourth-order valence-corrected chi connectivity index (χ4v) is 3.83. The van der Waals surface area contributed by atoms with Crippen LogP contribution in [0.25, 0.3) is 0 Å². The van der Waals surface area contributed by atoms with E-state index in [0.717, 1.165) is 17.9 Å². The van der Waals surface area contributed by atoms with Gasteiger partial charge in [0.25, 0.3) is 0 Å². The van der Waals surface area contributed by atoms with Gasteiger partial charge >= 0.3 is 0 Å². The van der Waals surface area contributed by atoms with Gasteiger partial charge in [-0.2, -0.15) is 0 Å².